The van der Waals surface area contributed by atoms with Crippen molar-refractivity contribution in [2.75, 3.05) is 14.1 Å². The first-order valence-corrected chi connectivity index (χ1v) is 7.63. The fourth-order valence-electron chi connectivity index (χ4n) is 1.79. The number of benzene rings is 1. The number of hydrogen-bond donors (Lipinski definition) is 1. The minimum atomic E-state index is -3.83. The second-order valence-electron chi connectivity index (χ2n) is 4.78. The first kappa shape index (κ1) is 17.0. The van der Waals surface area contributed by atoms with Gasteiger partial charge in [0.05, 0.1) is 10.6 Å². The fourth-order valence-corrected chi connectivity index (χ4v) is 2.57. The zero-order valence-corrected chi connectivity index (χ0v) is 12.9. The van der Waals surface area contributed by atoms with Crippen LogP contribution in [0.2, 0.25) is 0 Å². The molecule has 1 aromatic carbocycles. The van der Waals surface area contributed by atoms with Crippen LogP contribution >= 0.6 is 0 Å². The molecule has 0 amide bonds. The molecule has 0 radical (unpaired) electrons. The number of rotatable bonds is 5. The van der Waals surface area contributed by atoms with Crippen LogP contribution in [0.5, 0.6) is 0 Å². The molecule has 11 heteroatoms. The number of non-ortho nitro benzene ring substituents is 1. The van der Waals surface area contributed by atoms with E-state index in [2.05, 4.69) is 4.98 Å². The van der Waals surface area contributed by atoms with E-state index < -0.39 is 32.7 Å². The van der Waals surface area contributed by atoms with E-state index in [1.165, 1.54) is 14.1 Å². The normalized spacial score (nSPS) is 13.3. The molecule has 0 saturated carbocycles. The molecule has 9 nitrogen and oxygen atoms in total. The number of nitro benzene ring substituents is 1. The number of halogens is 1. The van der Waals surface area contributed by atoms with E-state index in [0.29, 0.717) is 0 Å². The lowest BCUT2D eigenvalue weighted by atomic mass is 10.1. The monoisotopic (exact) mass is 344 g/mol. The summed E-state index contributed by atoms with van der Waals surface area (Å²) in [4.78, 5) is 13.7. The van der Waals surface area contributed by atoms with Crippen LogP contribution in [-0.4, -0.2) is 45.8 Å². The van der Waals surface area contributed by atoms with Crippen molar-refractivity contribution in [2.45, 2.75) is 6.10 Å². The number of aromatic nitrogens is 2. The summed E-state index contributed by atoms with van der Waals surface area (Å²) in [5, 5.41) is 20.9. The molecule has 0 aliphatic carbocycles. The Hall–Kier alpha value is -2.37. The van der Waals surface area contributed by atoms with E-state index in [4.69, 9.17) is 0 Å². The minimum absolute atomic E-state index is 0.158. The van der Waals surface area contributed by atoms with Gasteiger partial charge in [-0.3, -0.25) is 10.1 Å². The van der Waals surface area contributed by atoms with Crippen LogP contribution in [0.1, 0.15) is 17.4 Å². The second-order valence-corrected chi connectivity index (χ2v) is 6.83. The first-order chi connectivity index (χ1) is 10.6. The summed E-state index contributed by atoms with van der Waals surface area (Å²) in [5.41, 5.74) is -0.928. The van der Waals surface area contributed by atoms with Gasteiger partial charge >= 0.3 is 10.2 Å². The quantitative estimate of drug-likeness (QED) is 0.629. The van der Waals surface area contributed by atoms with E-state index in [9.17, 15) is 28.0 Å². The zero-order chi connectivity index (χ0) is 17.4. The summed E-state index contributed by atoms with van der Waals surface area (Å²) in [6.45, 7) is 0. The Bertz CT molecular complexity index is 849. The smallest absolute Gasteiger partial charge is 0.308 e. The highest BCUT2D eigenvalue weighted by Crippen LogP contribution is 2.27. The third kappa shape index (κ3) is 3.21. The predicted octanol–water partition coefficient (Wildman–Crippen LogP) is 0.667. The van der Waals surface area contributed by atoms with Gasteiger partial charge in [0, 0.05) is 38.0 Å². The molecule has 0 aliphatic rings. The molecule has 1 unspecified atom stereocenters. The van der Waals surface area contributed by atoms with Gasteiger partial charge in [0.25, 0.3) is 5.69 Å². The van der Waals surface area contributed by atoms with Gasteiger partial charge in [-0.1, -0.05) is 0 Å². The van der Waals surface area contributed by atoms with Crippen LogP contribution in [0.15, 0.2) is 30.7 Å². The summed E-state index contributed by atoms with van der Waals surface area (Å²) in [5.74, 6) is -0.867. The van der Waals surface area contributed by atoms with Gasteiger partial charge < -0.3 is 5.11 Å². The highest BCUT2D eigenvalue weighted by Gasteiger charge is 2.23. The van der Waals surface area contributed by atoms with E-state index in [0.717, 1.165) is 39.0 Å². The molecule has 0 bridgehead atoms. The predicted molar refractivity (Wildman–Crippen MR) is 77.3 cm³/mol. The zero-order valence-electron chi connectivity index (χ0n) is 12.1. The van der Waals surface area contributed by atoms with Crippen molar-refractivity contribution < 1.29 is 22.8 Å². The molecule has 1 N–H and O–H groups in total. The summed E-state index contributed by atoms with van der Waals surface area (Å²) < 4.78 is 39.3. The van der Waals surface area contributed by atoms with Gasteiger partial charge in [-0.2, -0.15) is 12.7 Å². The Morgan fingerprint density at radius 1 is 1.43 bits per heavy atom. The van der Waals surface area contributed by atoms with E-state index >= 15 is 0 Å². The van der Waals surface area contributed by atoms with Gasteiger partial charge in [-0.25, -0.2) is 13.3 Å². The van der Waals surface area contributed by atoms with E-state index in [1.54, 1.807) is 0 Å². The van der Waals surface area contributed by atoms with Crippen LogP contribution in [0.4, 0.5) is 10.1 Å². The van der Waals surface area contributed by atoms with Crippen LogP contribution < -0.4 is 0 Å². The molecule has 1 aromatic heterocycles. The van der Waals surface area contributed by atoms with Crippen molar-refractivity contribution in [3.05, 3.63) is 57.9 Å². The van der Waals surface area contributed by atoms with Crippen LogP contribution in [-0.2, 0) is 10.2 Å². The fraction of sp³-hybridized carbons (Fsp3) is 0.250. The highest BCUT2D eigenvalue weighted by atomic mass is 32.2. The molecular weight excluding hydrogens is 331 g/mol. The summed E-state index contributed by atoms with van der Waals surface area (Å²) in [6.07, 6.45) is 0.315. The lowest BCUT2D eigenvalue weighted by Gasteiger charge is -2.11. The Kier molecular flexibility index (Phi) is 4.45. The number of nitro groups is 1. The Labute approximate surface area is 130 Å². The molecule has 1 atom stereocenters. The molecule has 0 aliphatic heterocycles. The largest absolute Gasteiger partial charge is 0.382 e. The van der Waals surface area contributed by atoms with Crippen molar-refractivity contribution in [1.82, 2.24) is 13.3 Å². The number of hydrogen-bond acceptors (Lipinski definition) is 6. The molecule has 0 spiro atoms. The molecule has 0 fully saturated rings. The minimum Gasteiger partial charge on any atom is -0.382 e. The Morgan fingerprint density at radius 3 is 2.65 bits per heavy atom. The summed E-state index contributed by atoms with van der Waals surface area (Å²) in [6, 6.07) is 2.68. The van der Waals surface area contributed by atoms with Crippen molar-refractivity contribution in [1.29, 1.82) is 0 Å². The van der Waals surface area contributed by atoms with Crippen LogP contribution in [0.3, 0.4) is 0 Å². The first-order valence-electron chi connectivity index (χ1n) is 6.23. The Morgan fingerprint density at radius 2 is 2.09 bits per heavy atom. The van der Waals surface area contributed by atoms with Crippen LogP contribution in [0, 0.1) is 15.9 Å². The molecule has 0 saturated heterocycles. The maximum Gasteiger partial charge on any atom is 0.308 e. The molecular formula is C12H13FN4O5S. The maximum absolute atomic E-state index is 13.8. The third-order valence-electron chi connectivity index (χ3n) is 3.07. The standard InChI is InChI=1S/C12H13FN4O5S/c1-15(2)23(21,22)16-6-11(14-7-16)12(18)9-5-8(17(19)20)3-4-10(9)13/h3-7,12,18H,1-2H3. The third-order valence-corrected chi connectivity index (χ3v) is 4.73. The number of imidazole rings is 1. The van der Waals surface area contributed by atoms with Crippen molar-refractivity contribution >= 4 is 15.9 Å². The van der Waals surface area contributed by atoms with Gasteiger partial charge in [0.15, 0.2) is 0 Å². The van der Waals surface area contributed by atoms with Gasteiger partial charge in [-0.05, 0) is 6.07 Å². The number of nitrogens with zero attached hydrogens (tertiary/aromatic N) is 4. The highest BCUT2D eigenvalue weighted by molar-refractivity contribution is 7.87. The lowest BCUT2D eigenvalue weighted by Crippen LogP contribution is -2.27. The summed E-state index contributed by atoms with van der Waals surface area (Å²) >= 11 is 0. The number of aliphatic hydroxyl groups is 1. The molecule has 23 heavy (non-hydrogen) atoms. The average Bonchev–Trinajstić information content (AvgIpc) is 2.97. The number of aliphatic hydroxyl groups excluding tert-OH is 1. The topological polar surface area (TPSA) is 119 Å². The summed E-state index contributed by atoms with van der Waals surface area (Å²) in [7, 11) is -1.21. The molecule has 2 rings (SSSR count). The van der Waals surface area contributed by atoms with E-state index in [-0.39, 0.29) is 11.3 Å². The van der Waals surface area contributed by atoms with Gasteiger partial charge in [-0.15, -0.1) is 0 Å². The second kappa shape index (κ2) is 6.02. The average molecular weight is 344 g/mol. The lowest BCUT2D eigenvalue weighted by molar-refractivity contribution is -0.385. The maximum atomic E-state index is 13.8. The Balaban J connectivity index is 2.43. The van der Waals surface area contributed by atoms with Crippen LogP contribution in [0.25, 0.3) is 0 Å². The van der Waals surface area contributed by atoms with Crippen molar-refractivity contribution in [3.8, 4) is 0 Å². The van der Waals surface area contributed by atoms with Crippen molar-refractivity contribution in [3.63, 3.8) is 0 Å². The SMILES string of the molecule is CN(C)S(=O)(=O)n1cnc(C(O)c2cc([N+](=O)[O-])ccc2F)c1. The van der Waals surface area contributed by atoms with Gasteiger partial charge in [0.2, 0.25) is 0 Å². The van der Waals surface area contributed by atoms with Gasteiger partial charge in [0.1, 0.15) is 18.2 Å². The van der Waals surface area contributed by atoms with E-state index in [1.807, 2.05) is 0 Å². The molecule has 124 valence electrons. The van der Waals surface area contributed by atoms with Crippen molar-refractivity contribution in [2.24, 2.45) is 0 Å². The molecule has 1 heterocycles. The molecule has 2 aromatic rings.